The van der Waals surface area contributed by atoms with Crippen LogP contribution >= 0.6 is 0 Å². The maximum Gasteiger partial charge on any atom is 0.0180 e. The van der Waals surface area contributed by atoms with Crippen molar-refractivity contribution in [3.05, 3.63) is 0 Å². The predicted molar refractivity (Wildman–Crippen MR) is 65.1 cm³/mol. The van der Waals surface area contributed by atoms with Crippen molar-refractivity contribution in [3.63, 3.8) is 0 Å². The molecule has 0 bridgehead atoms. The molecule has 0 aromatic rings. The molecule has 0 spiro atoms. The lowest BCUT2D eigenvalue weighted by Gasteiger charge is -2.31. The molecule has 2 heteroatoms. The fourth-order valence-electron chi connectivity index (χ4n) is 3.35. The van der Waals surface area contributed by atoms with Gasteiger partial charge in [0, 0.05) is 11.6 Å². The van der Waals surface area contributed by atoms with Crippen molar-refractivity contribution in [3.8, 4) is 0 Å². The van der Waals surface area contributed by atoms with Crippen molar-refractivity contribution < 1.29 is 0 Å². The third-order valence-corrected chi connectivity index (χ3v) is 4.64. The molecule has 0 saturated carbocycles. The standard InChI is InChI=1S/C13H26N2/c1-3-13(8-5-10-14-13)9-7-12-6-4-11-15(12)2/h12,14H,3-11H2,1-2H3. The van der Waals surface area contributed by atoms with E-state index in [-0.39, 0.29) is 0 Å². The monoisotopic (exact) mass is 210 g/mol. The van der Waals surface area contributed by atoms with Gasteiger partial charge in [-0.3, -0.25) is 0 Å². The number of rotatable bonds is 4. The number of likely N-dealkylation sites (tertiary alicyclic amines) is 1. The van der Waals surface area contributed by atoms with Crippen molar-refractivity contribution >= 4 is 0 Å². The fraction of sp³-hybridized carbons (Fsp3) is 1.00. The second-order valence-corrected chi connectivity index (χ2v) is 5.48. The lowest BCUT2D eigenvalue weighted by Crippen LogP contribution is -2.40. The zero-order valence-corrected chi connectivity index (χ0v) is 10.4. The lowest BCUT2D eigenvalue weighted by molar-refractivity contribution is 0.247. The van der Waals surface area contributed by atoms with E-state index in [1.165, 1.54) is 58.0 Å². The van der Waals surface area contributed by atoms with Crippen molar-refractivity contribution in [2.75, 3.05) is 20.1 Å². The Labute approximate surface area is 94.4 Å². The average Bonchev–Trinajstić information content (AvgIpc) is 2.85. The van der Waals surface area contributed by atoms with Gasteiger partial charge in [-0.1, -0.05) is 6.92 Å². The van der Waals surface area contributed by atoms with Crippen LogP contribution in [0.3, 0.4) is 0 Å². The van der Waals surface area contributed by atoms with E-state index in [1.807, 2.05) is 0 Å². The van der Waals surface area contributed by atoms with Gasteiger partial charge in [-0.25, -0.2) is 0 Å². The molecule has 2 aliphatic heterocycles. The van der Waals surface area contributed by atoms with E-state index in [2.05, 4.69) is 24.2 Å². The molecule has 0 amide bonds. The predicted octanol–water partition coefficient (Wildman–Crippen LogP) is 2.39. The molecule has 2 aliphatic rings. The summed E-state index contributed by atoms with van der Waals surface area (Å²) in [5.74, 6) is 0. The molecule has 0 aliphatic carbocycles. The molecule has 2 atom stereocenters. The van der Waals surface area contributed by atoms with E-state index in [9.17, 15) is 0 Å². The molecule has 0 radical (unpaired) electrons. The highest BCUT2D eigenvalue weighted by Gasteiger charge is 2.32. The Hall–Kier alpha value is -0.0800. The molecule has 0 aromatic heterocycles. The minimum absolute atomic E-state index is 0.503. The molecule has 1 N–H and O–H groups in total. The van der Waals surface area contributed by atoms with Crippen molar-refractivity contribution in [2.24, 2.45) is 0 Å². The Balaban J connectivity index is 1.80. The summed E-state index contributed by atoms with van der Waals surface area (Å²) in [6, 6.07) is 0.871. The number of nitrogens with one attached hydrogen (secondary N) is 1. The molecule has 0 aromatic carbocycles. The van der Waals surface area contributed by atoms with E-state index in [0.717, 1.165) is 6.04 Å². The maximum absolute atomic E-state index is 3.74. The average molecular weight is 210 g/mol. The third-order valence-electron chi connectivity index (χ3n) is 4.64. The first-order valence-corrected chi connectivity index (χ1v) is 6.71. The molecular weight excluding hydrogens is 184 g/mol. The lowest BCUT2D eigenvalue weighted by atomic mass is 9.87. The topological polar surface area (TPSA) is 15.3 Å². The van der Waals surface area contributed by atoms with Crippen molar-refractivity contribution in [1.82, 2.24) is 10.2 Å². The van der Waals surface area contributed by atoms with Crippen LogP contribution in [-0.4, -0.2) is 36.6 Å². The van der Waals surface area contributed by atoms with Gasteiger partial charge in [0.05, 0.1) is 0 Å². The van der Waals surface area contributed by atoms with Crippen molar-refractivity contribution in [1.29, 1.82) is 0 Å². The first-order valence-electron chi connectivity index (χ1n) is 6.71. The molecule has 2 rings (SSSR count). The number of hydrogen-bond acceptors (Lipinski definition) is 2. The van der Waals surface area contributed by atoms with Gasteiger partial charge in [-0.15, -0.1) is 0 Å². The normalized spacial score (nSPS) is 37.6. The fourth-order valence-corrected chi connectivity index (χ4v) is 3.35. The summed E-state index contributed by atoms with van der Waals surface area (Å²) in [6.45, 7) is 4.91. The largest absolute Gasteiger partial charge is 0.311 e. The molecule has 2 fully saturated rings. The van der Waals surface area contributed by atoms with Gasteiger partial charge in [-0.05, 0) is 65.1 Å². The maximum atomic E-state index is 3.74. The Kier molecular flexibility index (Phi) is 3.68. The van der Waals surface area contributed by atoms with E-state index < -0.39 is 0 Å². The SMILES string of the molecule is CCC1(CCC2CCCN2C)CCCN1. The van der Waals surface area contributed by atoms with Gasteiger partial charge >= 0.3 is 0 Å². The summed E-state index contributed by atoms with van der Waals surface area (Å²) >= 11 is 0. The smallest absolute Gasteiger partial charge is 0.0180 e. The molecular formula is C13H26N2. The zero-order chi connectivity index (χ0) is 10.7. The van der Waals surface area contributed by atoms with Crippen LogP contribution in [-0.2, 0) is 0 Å². The number of nitrogens with zero attached hydrogens (tertiary/aromatic N) is 1. The first-order chi connectivity index (χ1) is 7.26. The van der Waals surface area contributed by atoms with Gasteiger partial charge in [0.15, 0.2) is 0 Å². The first kappa shape index (κ1) is 11.4. The van der Waals surface area contributed by atoms with Crippen LogP contribution in [0.2, 0.25) is 0 Å². The third kappa shape index (κ3) is 2.54. The second-order valence-electron chi connectivity index (χ2n) is 5.48. The molecule has 15 heavy (non-hydrogen) atoms. The van der Waals surface area contributed by atoms with Gasteiger partial charge in [0.2, 0.25) is 0 Å². The molecule has 88 valence electrons. The highest BCUT2D eigenvalue weighted by molar-refractivity contribution is 4.93. The second kappa shape index (κ2) is 4.84. The van der Waals surface area contributed by atoms with Crippen molar-refractivity contribution in [2.45, 2.75) is 63.5 Å². The Morgan fingerprint density at radius 1 is 1.40 bits per heavy atom. The summed E-state index contributed by atoms with van der Waals surface area (Å²) in [5.41, 5.74) is 0.503. The molecule has 2 unspecified atom stereocenters. The number of hydrogen-bond donors (Lipinski definition) is 1. The quantitative estimate of drug-likeness (QED) is 0.766. The minimum atomic E-state index is 0.503. The highest BCUT2D eigenvalue weighted by Crippen LogP contribution is 2.30. The summed E-state index contributed by atoms with van der Waals surface area (Å²) < 4.78 is 0. The van der Waals surface area contributed by atoms with Crippen LogP contribution in [0.4, 0.5) is 0 Å². The minimum Gasteiger partial charge on any atom is -0.311 e. The molecule has 2 saturated heterocycles. The van der Waals surface area contributed by atoms with Gasteiger partial charge in [-0.2, -0.15) is 0 Å². The Morgan fingerprint density at radius 2 is 2.27 bits per heavy atom. The van der Waals surface area contributed by atoms with E-state index in [0.29, 0.717) is 5.54 Å². The zero-order valence-electron chi connectivity index (χ0n) is 10.4. The van der Waals surface area contributed by atoms with Gasteiger partial charge in [0.1, 0.15) is 0 Å². The van der Waals surface area contributed by atoms with Gasteiger partial charge in [0.25, 0.3) is 0 Å². The van der Waals surface area contributed by atoms with E-state index >= 15 is 0 Å². The Morgan fingerprint density at radius 3 is 2.80 bits per heavy atom. The van der Waals surface area contributed by atoms with Crippen LogP contribution in [0.5, 0.6) is 0 Å². The van der Waals surface area contributed by atoms with E-state index in [4.69, 9.17) is 0 Å². The Bertz CT molecular complexity index is 197. The van der Waals surface area contributed by atoms with Crippen LogP contribution < -0.4 is 5.32 Å². The van der Waals surface area contributed by atoms with Crippen LogP contribution in [0, 0.1) is 0 Å². The summed E-state index contributed by atoms with van der Waals surface area (Å²) in [7, 11) is 2.29. The molecule has 2 heterocycles. The summed E-state index contributed by atoms with van der Waals surface area (Å²) in [5, 5.41) is 3.74. The van der Waals surface area contributed by atoms with E-state index in [1.54, 1.807) is 0 Å². The van der Waals surface area contributed by atoms with Crippen LogP contribution in [0.1, 0.15) is 51.9 Å². The van der Waals surface area contributed by atoms with Gasteiger partial charge < -0.3 is 10.2 Å². The molecule has 2 nitrogen and oxygen atoms in total. The highest BCUT2D eigenvalue weighted by atomic mass is 15.1. The van der Waals surface area contributed by atoms with Crippen LogP contribution in [0.15, 0.2) is 0 Å². The summed E-state index contributed by atoms with van der Waals surface area (Å²) in [6.07, 6.45) is 9.72. The van der Waals surface area contributed by atoms with Crippen LogP contribution in [0.25, 0.3) is 0 Å². The summed E-state index contributed by atoms with van der Waals surface area (Å²) in [4.78, 5) is 2.55.